The van der Waals surface area contributed by atoms with Crippen LogP contribution < -0.4 is 5.32 Å². The number of nitrogens with zero attached hydrogens (tertiary/aromatic N) is 2. The molecule has 2 aliphatic heterocycles. The Kier molecular flexibility index (Phi) is 9.91. The summed E-state index contributed by atoms with van der Waals surface area (Å²) in [7, 11) is 0. The van der Waals surface area contributed by atoms with Crippen molar-refractivity contribution in [1.82, 2.24) is 9.80 Å². The van der Waals surface area contributed by atoms with E-state index in [1.165, 1.54) is 10.5 Å². The zero-order valence-electron chi connectivity index (χ0n) is 23.6. The summed E-state index contributed by atoms with van der Waals surface area (Å²) in [6, 6.07) is 18.9. The number of hydrogen-bond acceptors (Lipinski definition) is 5. The number of rotatable bonds is 8. The molecule has 1 amide bonds. The van der Waals surface area contributed by atoms with E-state index in [2.05, 4.69) is 22.3 Å². The summed E-state index contributed by atoms with van der Waals surface area (Å²) in [6.07, 6.45) is -8.06. The monoisotopic (exact) mass is 635 g/mol. The fraction of sp³-hybridized carbons (Fsp3) is 0.344. The third-order valence-corrected chi connectivity index (χ3v) is 8.50. The third-order valence-electron chi connectivity index (χ3n) is 7.45. The van der Waals surface area contributed by atoms with Crippen molar-refractivity contribution in [2.45, 2.75) is 41.2 Å². The molecule has 0 radical (unpaired) electrons. The first-order valence-electron chi connectivity index (χ1n) is 14.1. The van der Waals surface area contributed by atoms with Crippen LogP contribution in [0.15, 0.2) is 82.6 Å². The number of alkyl halides is 6. The molecule has 0 saturated carbocycles. The minimum absolute atomic E-state index is 0.118. The minimum atomic E-state index is -5.32. The number of amides is 1. The van der Waals surface area contributed by atoms with Crippen LogP contribution >= 0.6 is 11.8 Å². The number of benzene rings is 3. The number of carbonyl (C=O) groups is 1. The standard InChI is InChI=1S/C32H31F6N3O2S/c33-31(34,35)29-23(10-12-28(42)41-15-17-43-18-16-41)9-11-27(30(29)32(36,37)38)44-26-8-4-7-24(19-26)39-25-13-14-40(21-25)20-22-5-2-1-3-6-22/h1-12,19,25,39H,13-18,20-21H2/b12-10+. The van der Waals surface area contributed by atoms with Gasteiger partial charge >= 0.3 is 12.4 Å². The number of carbonyl (C=O) groups excluding carboxylic acids is 1. The number of nitrogens with one attached hydrogen (secondary N) is 1. The molecule has 5 nitrogen and oxygen atoms in total. The zero-order chi connectivity index (χ0) is 31.3. The van der Waals surface area contributed by atoms with E-state index in [1.54, 1.807) is 24.3 Å². The zero-order valence-corrected chi connectivity index (χ0v) is 24.4. The molecule has 44 heavy (non-hydrogen) atoms. The van der Waals surface area contributed by atoms with Crippen molar-refractivity contribution >= 4 is 29.4 Å². The number of ether oxygens (including phenoxy) is 1. The lowest BCUT2D eigenvalue weighted by molar-refractivity contribution is -0.163. The van der Waals surface area contributed by atoms with E-state index in [1.807, 2.05) is 18.2 Å². The summed E-state index contributed by atoms with van der Waals surface area (Å²) in [5, 5.41) is 3.42. The summed E-state index contributed by atoms with van der Waals surface area (Å²) in [5.74, 6) is -0.594. The fourth-order valence-electron chi connectivity index (χ4n) is 5.41. The summed E-state index contributed by atoms with van der Waals surface area (Å²) in [4.78, 5) is 15.9. The van der Waals surface area contributed by atoms with Crippen LogP contribution in [0.25, 0.3) is 6.08 Å². The summed E-state index contributed by atoms with van der Waals surface area (Å²) >= 11 is 0.618. The van der Waals surface area contributed by atoms with Crippen LogP contribution in [0.2, 0.25) is 0 Å². The lowest BCUT2D eigenvalue weighted by Gasteiger charge is -2.25. The summed E-state index contributed by atoms with van der Waals surface area (Å²) in [5.41, 5.74) is -2.45. The SMILES string of the molecule is O=C(/C=C/c1ccc(Sc2cccc(NC3CCN(Cc4ccccc4)C3)c2)c(C(F)(F)F)c1C(F)(F)F)N1CCOCC1. The number of halogens is 6. The number of anilines is 1. The highest BCUT2D eigenvalue weighted by molar-refractivity contribution is 7.99. The van der Waals surface area contributed by atoms with Gasteiger partial charge in [0.15, 0.2) is 0 Å². The second-order valence-electron chi connectivity index (χ2n) is 10.6. The average molecular weight is 636 g/mol. The minimum Gasteiger partial charge on any atom is -0.381 e. The highest BCUT2D eigenvalue weighted by Gasteiger charge is 2.46. The lowest BCUT2D eigenvalue weighted by Crippen LogP contribution is -2.39. The molecule has 3 aromatic carbocycles. The second kappa shape index (κ2) is 13.7. The van der Waals surface area contributed by atoms with E-state index in [9.17, 15) is 31.1 Å². The number of likely N-dealkylation sites (tertiary alicyclic amines) is 1. The Morgan fingerprint density at radius 3 is 2.34 bits per heavy atom. The van der Waals surface area contributed by atoms with Crippen LogP contribution in [0.3, 0.4) is 0 Å². The van der Waals surface area contributed by atoms with Gasteiger partial charge in [0.2, 0.25) is 5.91 Å². The van der Waals surface area contributed by atoms with Crippen LogP contribution in [0.5, 0.6) is 0 Å². The van der Waals surface area contributed by atoms with Crippen LogP contribution in [0.4, 0.5) is 32.0 Å². The van der Waals surface area contributed by atoms with Gasteiger partial charge in [0.05, 0.1) is 24.3 Å². The molecule has 3 aromatic rings. The predicted molar refractivity (Wildman–Crippen MR) is 157 cm³/mol. The van der Waals surface area contributed by atoms with Gasteiger partial charge < -0.3 is 15.0 Å². The predicted octanol–water partition coefficient (Wildman–Crippen LogP) is 7.43. The Bertz CT molecular complexity index is 1470. The van der Waals surface area contributed by atoms with Crippen LogP contribution in [-0.4, -0.2) is 61.1 Å². The van der Waals surface area contributed by atoms with E-state index in [4.69, 9.17) is 4.74 Å². The Morgan fingerprint density at radius 1 is 0.909 bits per heavy atom. The quantitative estimate of drug-likeness (QED) is 0.206. The molecule has 2 saturated heterocycles. The average Bonchev–Trinajstić information content (AvgIpc) is 3.42. The van der Waals surface area contributed by atoms with Gasteiger partial charge in [-0.1, -0.05) is 54.2 Å². The van der Waals surface area contributed by atoms with Crippen molar-refractivity contribution in [2.75, 3.05) is 44.7 Å². The summed E-state index contributed by atoms with van der Waals surface area (Å²) in [6.45, 7) is 3.53. The molecule has 5 rings (SSSR count). The fourth-order valence-corrected chi connectivity index (χ4v) is 6.45. The Balaban J connectivity index is 1.35. The maximum absolute atomic E-state index is 14.3. The molecule has 0 bridgehead atoms. The molecule has 12 heteroatoms. The Hall–Kier alpha value is -3.48. The van der Waals surface area contributed by atoms with Crippen molar-refractivity contribution in [3.05, 3.63) is 95.1 Å². The molecular formula is C32H31F6N3O2S. The second-order valence-corrected chi connectivity index (χ2v) is 11.8. The molecule has 2 fully saturated rings. The smallest absolute Gasteiger partial charge is 0.381 e. The van der Waals surface area contributed by atoms with Gasteiger partial charge in [-0.2, -0.15) is 26.3 Å². The highest BCUT2D eigenvalue weighted by atomic mass is 32.2. The molecule has 0 aliphatic carbocycles. The Labute approximate surface area is 255 Å². The van der Waals surface area contributed by atoms with Gasteiger partial charge in [0.25, 0.3) is 0 Å². The summed E-state index contributed by atoms with van der Waals surface area (Å²) < 4.78 is 90.8. The molecule has 1 atom stereocenters. The van der Waals surface area contributed by atoms with Crippen LogP contribution in [0.1, 0.15) is 28.7 Å². The van der Waals surface area contributed by atoms with E-state index in [0.717, 1.165) is 50.3 Å². The maximum atomic E-state index is 14.3. The number of hydrogen-bond donors (Lipinski definition) is 1. The molecule has 2 heterocycles. The lowest BCUT2D eigenvalue weighted by atomic mass is 9.99. The largest absolute Gasteiger partial charge is 0.418 e. The van der Waals surface area contributed by atoms with E-state index >= 15 is 0 Å². The van der Waals surface area contributed by atoms with Gasteiger partial charge in [-0.3, -0.25) is 9.69 Å². The maximum Gasteiger partial charge on any atom is 0.418 e. The molecule has 2 aliphatic rings. The van der Waals surface area contributed by atoms with Gasteiger partial charge in [-0.25, -0.2) is 0 Å². The van der Waals surface area contributed by atoms with Crippen molar-refractivity contribution in [3.8, 4) is 0 Å². The topological polar surface area (TPSA) is 44.8 Å². The third kappa shape index (κ3) is 8.16. The van der Waals surface area contributed by atoms with Crippen molar-refractivity contribution in [2.24, 2.45) is 0 Å². The van der Waals surface area contributed by atoms with E-state index in [-0.39, 0.29) is 32.3 Å². The molecule has 1 unspecified atom stereocenters. The molecular weight excluding hydrogens is 604 g/mol. The van der Waals surface area contributed by atoms with Crippen molar-refractivity contribution in [3.63, 3.8) is 0 Å². The van der Waals surface area contributed by atoms with Crippen molar-refractivity contribution < 1.29 is 35.9 Å². The Morgan fingerprint density at radius 2 is 1.64 bits per heavy atom. The molecule has 1 N–H and O–H groups in total. The molecule has 0 aromatic heterocycles. The van der Waals surface area contributed by atoms with E-state index < -0.39 is 39.8 Å². The molecule has 0 spiro atoms. The van der Waals surface area contributed by atoms with E-state index in [0.29, 0.717) is 22.3 Å². The highest BCUT2D eigenvalue weighted by Crippen LogP contribution is 2.48. The molecule has 234 valence electrons. The van der Waals surface area contributed by atoms with Crippen LogP contribution in [0, 0.1) is 0 Å². The van der Waals surface area contributed by atoms with Gasteiger partial charge in [-0.05, 0) is 47.9 Å². The van der Waals surface area contributed by atoms with Crippen molar-refractivity contribution in [1.29, 1.82) is 0 Å². The normalized spacial score (nSPS) is 18.2. The first kappa shape index (κ1) is 31.9. The first-order valence-corrected chi connectivity index (χ1v) is 15.0. The van der Waals surface area contributed by atoms with Gasteiger partial charge in [-0.15, -0.1) is 0 Å². The number of morpholine rings is 1. The van der Waals surface area contributed by atoms with Gasteiger partial charge in [0.1, 0.15) is 0 Å². The first-order chi connectivity index (χ1) is 21.0. The van der Waals surface area contributed by atoms with Gasteiger partial charge in [0, 0.05) is 60.3 Å². The van der Waals surface area contributed by atoms with Crippen LogP contribution in [-0.2, 0) is 28.4 Å².